The van der Waals surface area contributed by atoms with E-state index in [4.69, 9.17) is 0 Å². The Morgan fingerprint density at radius 2 is 1.55 bits per heavy atom. The zero-order valence-electron chi connectivity index (χ0n) is 11.9. The molecule has 1 saturated heterocycles. The highest BCUT2D eigenvalue weighted by atomic mass is 32.2. The molecule has 0 atom stereocenters. The molecule has 5 heteroatoms. The summed E-state index contributed by atoms with van der Waals surface area (Å²) in [5.74, 6) is 0. The van der Waals surface area contributed by atoms with E-state index in [-0.39, 0.29) is 12.1 Å². The van der Waals surface area contributed by atoms with E-state index in [1.807, 2.05) is 10.4 Å². The first kappa shape index (κ1) is 14.0. The lowest BCUT2D eigenvalue weighted by Gasteiger charge is -2.36. The number of likely N-dealkylation sites (tertiary alicyclic amines) is 1. The minimum absolute atomic E-state index is 0.170. The Hall–Kier alpha value is -0.910. The van der Waals surface area contributed by atoms with Crippen LogP contribution in [-0.2, 0) is 10.0 Å². The van der Waals surface area contributed by atoms with Gasteiger partial charge in [-0.25, -0.2) is 8.42 Å². The van der Waals surface area contributed by atoms with Crippen molar-refractivity contribution in [3.8, 4) is 0 Å². The average molecular weight is 294 g/mol. The molecule has 0 aromatic heterocycles. The van der Waals surface area contributed by atoms with Gasteiger partial charge in [0.15, 0.2) is 0 Å². The fourth-order valence-corrected chi connectivity index (χ4v) is 4.93. The van der Waals surface area contributed by atoms with Gasteiger partial charge in [0.05, 0.1) is 4.90 Å². The van der Waals surface area contributed by atoms with E-state index in [9.17, 15) is 8.42 Å². The number of rotatable bonds is 4. The summed E-state index contributed by atoms with van der Waals surface area (Å²) in [5, 5.41) is 0. The molecule has 0 radical (unpaired) electrons. The molecule has 1 aromatic rings. The van der Waals surface area contributed by atoms with Crippen molar-refractivity contribution in [1.29, 1.82) is 0 Å². The van der Waals surface area contributed by atoms with Crippen LogP contribution in [0.2, 0.25) is 0 Å². The second-order valence-corrected chi connectivity index (χ2v) is 7.76. The molecule has 20 heavy (non-hydrogen) atoms. The summed E-state index contributed by atoms with van der Waals surface area (Å²) >= 11 is 0. The summed E-state index contributed by atoms with van der Waals surface area (Å²) in [6.07, 6.45) is 3.91. The highest BCUT2D eigenvalue weighted by Gasteiger charge is 2.42. The Balaban J connectivity index is 1.87. The lowest BCUT2D eigenvalue weighted by Crippen LogP contribution is -2.47. The third-order valence-electron chi connectivity index (χ3n) is 4.27. The first-order chi connectivity index (χ1) is 9.59. The fraction of sp³-hybridized carbons (Fsp3) is 0.600. The molecular formula is C15H22N2O2S. The van der Waals surface area contributed by atoms with E-state index in [1.54, 1.807) is 24.3 Å². The SMILES string of the molecule is CN1CCC(N(C2CC2)S(=O)(=O)c2ccccc2)CC1. The Morgan fingerprint density at radius 3 is 2.10 bits per heavy atom. The van der Waals surface area contributed by atoms with Crippen LogP contribution in [0.25, 0.3) is 0 Å². The van der Waals surface area contributed by atoms with E-state index in [1.165, 1.54) is 0 Å². The maximum atomic E-state index is 12.9. The number of hydrogen-bond acceptors (Lipinski definition) is 3. The Bertz CT molecular complexity index is 546. The van der Waals surface area contributed by atoms with Gasteiger partial charge in [-0.1, -0.05) is 18.2 Å². The van der Waals surface area contributed by atoms with Gasteiger partial charge in [0.2, 0.25) is 10.0 Å². The largest absolute Gasteiger partial charge is 0.306 e. The fourth-order valence-electron chi connectivity index (χ4n) is 2.98. The minimum Gasteiger partial charge on any atom is -0.306 e. The van der Waals surface area contributed by atoms with E-state index < -0.39 is 10.0 Å². The van der Waals surface area contributed by atoms with Gasteiger partial charge in [0.1, 0.15) is 0 Å². The van der Waals surface area contributed by atoms with Crippen LogP contribution in [0.4, 0.5) is 0 Å². The molecule has 1 saturated carbocycles. The van der Waals surface area contributed by atoms with Crippen molar-refractivity contribution >= 4 is 10.0 Å². The van der Waals surface area contributed by atoms with Crippen LogP contribution >= 0.6 is 0 Å². The molecule has 0 amide bonds. The average Bonchev–Trinajstić information content (AvgIpc) is 3.27. The summed E-state index contributed by atoms with van der Waals surface area (Å²) in [6, 6.07) is 9.27. The van der Waals surface area contributed by atoms with Crippen LogP contribution in [0.5, 0.6) is 0 Å². The van der Waals surface area contributed by atoms with Crippen molar-refractivity contribution in [2.24, 2.45) is 0 Å². The van der Waals surface area contributed by atoms with Crippen molar-refractivity contribution in [2.75, 3.05) is 20.1 Å². The third-order valence-corrected chi connectivity index (χ3v) is 6.29. The van der Waals surface area contributed by atoms with Gasteiger partial charge in [-0.3, -0.25) is 0 Å². The monoisotopic (exact) mass is 294 g/mol. The Labute approximate surface area is 121 Å². The van der Waals surface area contributed by atoms with Gasteiger partial charge in [0, 0.05) is 12.1 Å². The summed E-state index contributed by atoms with van der Waals surface area (Å²) < 4.78 is 27.6. The lowest BCUT2D eigenvalue weighted by molar-refractivity contribution is 0.178. The number of hydrogen-bond donors (Lipinski definition) is 0. The van der Waals surface area contributed by atoms with E-state index in [0.29, 0.717) is 4.90 Å². The van der Waals surface area contributed by atoms with Crippen molar-refractivity contribution in [3.63, 3.8) is 0 Å². The number of sulfonamides is 1. The van der Waals surface area contributed by atoms with Crippen molar-refractivity contribution in [3.05, 3.63) is 30.3 Å². The quantitative estimate of drug-likeness (QED) is 0.852. The molecule has 1 heterocycles. The van der Waals surface area contributed by atoms with Gasteiger partial charge in [0.25, 0.3) is 0 Å². The van der Waals surface area contributed by atoms with E-state index in [2.05, 4.69) is 11.9 Å². The molecule has 0 N–H and O–H groups in total. The Kier molecular flexibility index (Phi) is 3.84. The van der Waals surface area contributed by atoms with Crippen LogP contribution in [0.15, 0.2) is 35.2 Å². The van der Waals surface area contributed by atoms with Crippen LogP contribution in [0, 0.1) is 0 Å². The number of nitrogens with zero attached hydrogens (tertiary/aromatic N) is 2. The first-order valence-corrected chi connectivity index (χ1v) is 8.80. The van der Waals surface area contributed by atoms with E-state index in [0.717, 1.165) is 38.8 Å². The predicted octanol–water partition coefficient (Wildman–Crippen LogP) is 1.93. The van der Waals surface area contributed by atoms with E-state index >= 15 is 0 Å². The smallest absolute Gasteiger partial charge is 0.243 e. The molecule has 1 aliphatic heterocycles. The maximum Gasteiger partial charge on any atom is 0.243 e. The van der Waals surface area contributed by atoms with Crippen molar-refractivity contribution in [2.45, 2.75) is 42.7 Å². The molecule has 1 aromatic carbocycles. The van der Waals surface area contributed by atoms with Gasteiger partial charge in [-0.15, -0.1) is 0 Å². The zero-order chi connectivity index (χ0) is 14.2. The van der Waals surface area contributed by atoms with Crippen molar-refractivity contribution in [1.82, 2.24) is 9.21 Å². The van der Waals surface area contributed by atoms with Crippen LogP contribution in [-0.4, -0.2) is 49.8 Å². The molecule has 2 fully saturated rings. The van der Waals surface area contributed by atoms with Gasteiger partial charge >= 0.3 is 0 Å². The van der Waals surface area contributed by atoms with Gasteiger partial charge < -0.3 is 4.90 Å². The van der Waals surface area contributed by atoms with Gasteiger partial charge in [-0.2, -0.15) is 4.31 Å². The predicted molar refractivity (Wildman–Crippen MR) is 79.0 cm³/mol. The molecule has 1 aliphatic carbocycles. The molecule has 2 aliphatic rings. The molecule has 4 nitrogen and oxygen atoms in total. The Morgan fingerprint density at radius 1 is 1.00 bits per heavy atom. The lowest BCUT2D eigenvalue weighted by atomic mass is 10.1. The van der Waals surface area contributed by atoms with Crippen molar-refractivity contribution < 1.29 is 8.42 Å². The second-order valence-electron chi connectivity index (χ2n) is 5.91. The normalized spacial score (nSPS) is 22.3. The molecule has 0 bridgehead atoms. The molecule has 3 rings (SSSR count). The summed E-state index contributed by atoms with van der Waals surface area (Å²) in [5.41, 5.74) is 0. The van der Waals surface area contributed by atoms with Crippen LogP contribution < -0.4 is 0 Å². The molecule has 0 spiro atoms. The summed E-state index contributed by atoms with van der Waals surface area (Å²) in [6.45, 7) is 1.97. The number of benzene rings is 1. The molecular weight excluding hydrogens is 272 g/mol. The second kappa shape index (κ2) is 5.47. The van der Waals surface area contributed by atoms with Crippen LogP contribution in [0.3, 0.4) is 0 Å². The summed E-state index contributed by atoms with van der Waals surface area (Å²) in [4.78, 5) is 2.71. The molecule has 110 valence electrons. The topological polar surface area (TPSA) is 40.6 Å². The van der Waals surface area contributed by atoms with Gasteiger partial charge in [-0.05, 0) is 58.0 Å². The minimum atomic E-state index is -3.34. The molecule has 0 unspecified atom stereocenters. The number of piperidine rings is 1. The highest BCUT2D eigenvalue weighted by molar-refractivity contribution is 7.89. The highest BCUT2D eigenvalue weighted by Crippen LogP contribution is 2.36. The zero-order valence-corrected chi connectivity index (χ0v) is 12.7. The van der Waals surface area contributed by atoms with Crippen LogP contribution in [0.1, 0.15) is 25.7 Å². The summed E-state index contributed by atoms with van der Waals surface area (Å²) in [7, 11) is -1.24. The maximum absolute atomic E-state index is 12.9. The third kappa shape index (κ3) is 2.75. The first-order valence-electron chi connectivity index (χ1n) is 7.36. The standard InChI is InChI=1S/C15H22N2O2S/c1-16-11-9-14(10-12-16)17(13-7-8-13)20(18,19)15-5-3-2-4-6-15/h2-6,13-14H,7-12H2,1H3.